The molecule has 0 aliphatic carbocycles. The van der Waals surface area contributed by atoms with Gasteiger partial charge in [0.2, 0.25) is 0 Å². The van der Waals surface area contributed by atoms with E-state index in [9.17, 15) is 4.79 Å². The number of nitrogen functional groups attached to an aromatic ring is 1. The average molecular weight is 218 g/mol. The van der Waals surface area contributed by atoms with Gasteiger partial charge in [-0.25, -0.2) is 0 Å². The summed E-state index contributed by atoms with van der Waals surface area (Å²) < 4.78 is 0. The van der Waals surface area contributed by atoms with Crippen molar-refractivity contribution in [3.8, 4) is 0 Å². The number of aromatic nitrogens is 4. The van der Waals surface area contributed by atoms with Crippen LogP contribution in [0.2, 0.25) is 0 Å². The van der Waals surface area contributed by atoms with Crippen molar-refractivity contribution in [1.29, 1.82) is 0 Å². The maximum Gasteiger partial charge on any atom is 0.270 e. The Kier molecular flexibility index (Phi) is 2.50. The molecule has 0 radical (unpaired) electrons. The SMILES string of the molecule is Cn1nnc(NC(=O)c2ccccc2N)n1. The summed E-state index contributed by atoms with van der Waals surface area (Å²) in [7, 11) is 1.61. The molecule has 1 aromatic heterocycles. The highest BCUT2D eigenvalue weighted by molar-refractivity contribution is 6.06. The van der Waals surface area contributed by atoms with Crippen LogP contribution in [0.3, 0.4) is 0 Å². The van der Waals surface area contributed by atoms with Gasteiger partial charge >= 0.3 is 0 Å². The third-order valence-corrected chi connectivity index (χ3v) is 1.94. The average Bonchev–Trinajstić information content (AvgIpc) is 2.64. The first kappa shape index (κ1) is 10.1. The first-order valence-electron chi connectivity index (χ1n) is 4.56. The van der Waals surface area contributed by atoms with Crippen LogP contribution in [-0.2, 0) is 7.05 Å². The number of nitrogens with one attached hydrogen (secondary N) is 1. The summed E-state index contributed by atoms with van der Waals surface area (Å²) >= 11 is 0. The van der Waals surface area contributed by atoms with Gasteiger partial charge in [0.1, 0.15) is 0 Å². The largest absolute Gasteiger partial charge is 0.398 e. The standard InChI is InChI=1S/C9H10N6O/c1-15-13-9(12-14-15)11-8(16)6-4-2-3-5-7(6)10/h2-5H,10H2,1H3,(H,11,13,16). The number of tetrazole rings is 1. The molecule has 0 spiro atoms. The summed E-state index contributed by atoms with van der Waals surface area (Å²) in [5, 5.41) is 13.6. The number of carbonyl (C=O) groups is 1. The number of para-hydroxylation sites is 1. The van der Waals surface area contributed by atoms with Gasteiger partial charge in [0.15, 0.2) is 0 Å². The van der Waals surface area contributed by atoms with Crippen LogP contribution in [0.25, 0.3) is 0 Å². The molecular weight excluding hydrogens is 208 g/mol. The minimum absolute atomic E-state index is 0.149. The molecule has 1 heterocycles. The van der Waals surface area contributed by atoms with Gasteiger partial charge in [-0.2, -0.15) is 4.80 Å². The van der Waals surface area contributed by atoms with Crippen molar-refractivity contribution in [3.05, 3.63) is 29.8 Å². The van der Waals surface area contributed by atoms with Crippen LogP contribution in [0.15, 0.2) is 24.3 Å². The quantitative estimate of drug-likeness (QED) is 0.693. The van der Waals surface area contributed by atoms with Gasteiger partial charge in [0.05, 0.1) is 12.6 Å². The minimum Gasteiger partial charge on any atom is -0.398 e. The zero-order valence-electron chi connectivity index (χ0n) is 8.58. The lowest BCUT2D eigenvalue weighted by molar-refractivity contribution is 0.102. The fourth-order valence-corrected chi connectivity index (χ4v) is 1.21. The van der Waals surface area contributed by atoms with E-state index in [4.69, 9.17) is 5.73 Å². The predicted molar refractivity (Wildman–Crippen MR) is 57.6 cm³/mol. The molecule has 0 bridgehead atoms. The molecule has 0 atom stereocenters. The molecule has 1 aromatic carbocycles. The van der Waals surface area contributed by atoms with Crippen molar-refractivity contribution in [3.63, 3.8) is 0 Å². The third-order valence-electron chi connectivity index (χ3n) is 1.94. The zero-order chi connectivity index (χ0) is 11.5. The fraction of sp³-hybridized carbons (Fsp3) is 0.111. The Labute approximate surface area is 91.3 Å². The van der Waals surface area contributed by atoms with E-state index in [0.29, 0.717) is 11.3 Å². The Balaban J connectivity index is 2.18. The fourth-order valence-electron chi connectivity index (χ4n) is 1.21. The summed E-state index contributed by atoms with van der Waals surface area (Å²) in [5.41, 5.74) is 6.45. The van der Waals surface area contributed by atoms with E-state index in [0.717, 1.165) is 0 Å². The smallest absolute Gasteiger partial charge is 0.270 e. The summed E-state index contributed by atoms with van der Waals surface area (Å²) in [4.78, 5) is 13.0. The zero-order valence-corrected chi connectivity index (χ0v) is 8.58. The second kappa shape index (κ2) is 3.97. The van der Waals surface area contributed by atoms with Gasteiger partial charge in [-0.1, -0.05) is 17.2 Å². The first-order valence-corrected chi connectivity index (χ1v) is 4.56. The number of hydrogen-bond donors (Lipinski definition) is 2. The lowest BCUT2D eigenvalue weighted by atomic mass is 10.2. The van der Waals surface area contributed by atoms with Crippen LogP contribution in [-0.4, -0.2) is 26.1 Å². The van der Waals surface area contributed by atoms with Crippen molar-refractivity contribution >= 4 is 17.5 Å². The highest BCUT2D eigenvalue weighted by Gasteiger charge is 2.11. The summed E-state index contributed by atoms with van der Waals surface area (Å²) in [6, 6.07) is 6.77. The Morgan fingerprint density at radius 1 is 1.44 bits per heavy atom. The predicted octanol–water partition coefficient (Wildman–Crippen LogP) is 0.0446. The number of aryl methyl sites for hydroxylation is 1. The summed E-state index contributed by atoms with van der Waals surface area (Å²) in [6.45, 7) is 0. The summed E-state index contributed by atoms with van der Waals surface area (Å²) in [5.74, 6) is -0.207. The molecule has 2 rings (SSSR count). The van der Waals surface area contributed by atoms with E-state index in [2.05, 4.69) is 20.7 Å². The number of hydrogen-bond acceptors (Lipinski definition) is 5. The van der Waals surface area contributed by atoms with E-state index in [1.54, 1.807) is 31.3 Å². The molecule has 16 heavy (non-hydrogen) atoms. The molecular formula is C9H10N6O. The topological polar surface area (TPSA) is 98.7 Å². The first-order chi connectivity index (χ1) is 7.66. The Morgan fingerprint density at radius 2 is 2.19 bits per heavy atom. The third kappa shape index (κ3) is 1.97. The molecule has 7 nitrogen and oxygen atoms in total. The van der Waals surface area contributed by atoms with Gasteiger partial charge in [-0.3, -0.25) is 10.1 Å². The maximum atomic E-state index is 11.7. The second-order valence-corrected chi connectivity index (χ2v) is 3.14. The Morgan fingerprint density at radius 3 is 2.81 bits per heavy atom. The molecule has 0 aliphatic heterocycles. The molecule has 82 valence electrons. The van der Waals surface area contributed by atoms with Gasteiger partial charge in [0.25, 0.3) is 11.9 Å². The molecule has 1 amide bonds. The van der Waals surface area contributed by atoms with Crippen molar-refractivity contribution in [1.82, 2.24) is 20.2 Å². The highest BCUT2D eigenvalue weighted by Crippen LogP contribution is 2.11. The van der Waals surface area contributed by atoms with Crippen LogP contribution in [0, 0.1) is 0 Å². The highest BCUT2D eigenvalue weighted by atomic mass is 16.1. The van der Waals surface area contributed by atoms with E-state index < -0.39 is 0 Å². The van der Waals surface area contributed by atoms with E-state index >= 15 is 0 Å². The van der Waals surface area contributed by atoms with E-state index in [-0.39, 0.29) is 11.9 Å². The molecule has 3 N–H and O–H groups in total. The van der Waals surface area contributed by atoms with Crippen LogP contribution in [0.1, 0.15) is 10.4 Å². The van der Waals surface area contributed by atoms with Crippen LogP contribution in [0.5, 0.6) is 0 Å². The second-order valence-electron chi connectivity index (χ2n) is 3.14. The molecule has 2 aromatic rings. The number of nitrogens with two attached hydrogens (primary N) is 1. The summed E-state index contributed by atoms with van der Waals surface area (Å²) in [6.07, 6.45) is 0. The lowest BCUT2D eigenvalue weighted by Gasteiger charge is -2.03. The minimum atomic E-state index is -0.355. The van der Waals surface area contributed by atoms with Crippen molar-refractivity contribution in [2.75, 3.05) is 11.1 Å². The van der Waals surface area contributed by atoms with Gasteiger partial charge < -0.3 is 5.73 Å². The number of benzene rings is 1. The van der Waals surface area contributed by atoms with Crippen LogP contribution >= 0.6 is 0 Å². The van der Waals surface area contributed by atoms with Gasteiger partial charge in [0, 0.05) is 5.69 Å². The Hall–Kier alpha value is -2.44. The maximum absolute atomic E-state index is 11.7. The number of anilines is 2. The van der Waals surface area contributed by atoms with Crippen molar-refractivity contribution in [2.45, 2.75) is 0 Å². The molecule has 0 fully saturated rings. The lowest BCUT2D eigenvalue weighted by Crippen LogP contribution is -2.15. The molecule has 0 aliphatic rings. The van der Waals surface area contributed by atoms with E-state index in [1.807, 2.05) is 0 Å². The van der Waals surface area contributed by atoms with Gasteiger partial charge in [-0.15, -0.1) is 5.10 Å². The van der Waals surface area contributed by atoms with E-state index in [1.165, 1.54) is 4.80 Å². The Bertz CT molecular complexity index is 520. The molecule has 0 saturated heterocycles. The number of nitrogens with zero attached hydrogens (tertiary/aromatic N) is 4. The number of carbonyl (C=O) groups excluding carboxylic acids is 1. The van der Waals surface area contributed by atoms with Crippen LogP contribution in [0.4, 0.5) is 11.6 Å². The molecule has 0 unspecified atom stereocenters. The van der Waals surface area contributed by atoms with Crippen molar-refractivity contribution < 1.29 is 4.79 Å². The van der Waals surface area contributed by atoms with Gasteiger partial charge in [-0.05, 0) is 17.3 Å². The number of amides is 1. The molecule has 7 heteroatoms. The molecule has 0 saturated carbocycles. The monoisotopic (exact) mass is 218 g/mol. The number of rotatable bonds is 2. The normalized spacial score (nSPS) is 10.1. The van der Waals surface area contributed by atoms with Crippen molar-refractivity contribution in [2.24, 2.45) is 7.05 Å². The van der Waals surface area contributed by atoms with Crippen LogP contribution < -0.4 is 11.1 Å².